The minimum Gasteiger partial charge on any atom is -0.481 e. The van der Waals surface area contributed by atoms with Crippen LogP contribution in [0.4, 0.5) is 4.79 Å². The molecule has 0 saturated carbocycles. The molecular formula is C25H32N2O7. The average Bonchev–Trinajstić information content (AvgIpc) is 2.86. The van der Waals surface area contributed by atoms with Crippen molar-refractivity contribution in [2.75, 3.05) is 33.4 Å². The maximum absolute atomic E-state index is 12.5. The summed E-state index contributed by atoms with van der Waals surface area (Å²) in [6.45, 7) is 1.26. The van der Waals surface area contributed by atoms with Gasteiger partial charge in [0.2, 0.25) is 0 Å². The Bertz CT molecular complexity index is 877. The average molecular weight is 473 g/mol. The van der Waals surface area contributed by atoms with Gasteiger partial charge in [0.05, 0.1) is 20.1 Å². The second kappa shape index (κ2) is 15.4. The van der Waals surface area contributed by atoms with E-state index < -0.39 is 24.1 Å². The molecule has 2 aromatic carbocycles. The second-order valence-corrected chi connectivity index (χ2v) is 7.53. The molecule has 2 aromatic rings. The van der Waals surface area contributed by atoms with Gasteiger partial charge in [-0.2, -0.15) is 0 Å². The van der Waals surface area contributed by atoms with Gasteiger partial charge in [-0.1, -0.05) is 60.7 Å². The number of esters is 1. The fourth-order valence-electron chi connectivity index (χ4n) is 3.12. The molecule has 1 atom stereocenters. The molecule has 9 heteroatoms. The van der Waals surface area contributed by atoms with E-state index in [1.807, 2.05) is 60.7 Å². The quantitative estimate of drug-likeness (QED) is 0.300. The predicted octanol–water partition coefficient (Wildman–Crippen LogP) is 2.84. The molecule has 2 N–H and O–H groups in total. The Morgan fingerprint density at radius 1 is 0.941 bits per heavy atom. The van der Waals surface area contributed by atoms with Gasteiger partial charge in [0.1, 0.15) is 12.6 Å². The first-order valence-corrected chi connectivity index (χ1v) is 11.1. The first kappa shape index (κ1) is 26.8. The number of aliphatic carboxylic acids is 1. The van der Waals surface area contributed by atoms with Crippen LogP contribution in [-0.4, -0.2) is 67.4 Å². The van der Waals surface area contributed by atoms with Gasteiger partial charge in [0, 0.05) is 26.2 Å². The van der Waals surface area contributed by atoms with Crippen molar-refractivity contribution in [1.29, 1.82) is 0 Å². The fourth-order valence-corrected chi connectivity index (χ4v) is 3.12. The summed E-state index contributed by atoms with van der Waals surface area (Å²) in [5, 5.41) is 12.1. The number of amides is 1. The molecule has 9 nitrogen and oxygen atoms in total. The standard InChI is InChI=1S/C25H32N2O7/c1-32-24(30)22(13-17-33-18-20-8-4-2-5-9-20)26-14-16-27(15-12-23(28)29)25(31)34-19-21-10-6-3-7-11-21/h2-11,22,26H,12-19H2,1H3,(H,28,29). The lowest BCUT2D eigenvalue weighted by Gasteiger charge is -2.23. The van der Waals surface area contributed by atoms with Gasteiger partial charge in [0.15, 0.2) is 0 Å². The van der Waals surface area contributed by atoms with E-state index >= 15 is 0 Å². The number of carboxylic acids is 1. The molecule has 0 saturated heterocycles. The van der Waals surface area contributed by atoms with Crippen LogP contribution in [0.2, 0.25) is 0 Å². The number of carboxylic acid groups (broad SMARTS) is 1. The Labute approximate surface area is 199 Å². The van der Waals surface area contributed by atoms with E-state index in [0.29, 0.717) is 19.6 Å². The molecule has 1 amide bonds. The van der Waals surface area contributed by atoms with Crippen molar-refractivity contribution in [3.05, 3.63) is 71.8 Å². The molecule has 0 radical (unpaired) electrons. The van der Waals surface area contributed by atoms with Crippen molar-refractivity contribution in [3.63, 3.8) is 0 Å². The molecule has 0 aliphatic rings. The van der Waals surface area contributed by atoms with Crippen molar-refractivity contribution in [1.82, 2.24) is 10.2 Å². The SMILES string of the molecule is COC(=O)C(CCOCc1ccccc1)NCCN(CCC(=O)O)C(=O)OCc1ccccc1. The minimum atomic E-state index is -1.02. The summed E-state index contributed by atoms with van der Waals surface area (Å²) in [7, 11) is 1.31. The van der Waals surface area contributed by atoms with Crippen LogP contribution in [0, 0.1) is 0 Å². The molecule has 0 aromatic heterocycles. The van der Waals surface area contributed by atoms with Crippen LogP contribution in [0.3, 0.4) is 0 Å². The van der Waals surface area contributed by atoms with Crippen molar-refractivity contribution < 1.29 is 33.7 Å². The number of nitrogens with one attached hydrogen (secondary N) is 1. The van der Waals surface area contributed by atoms with Crippen LogP contribution >= 0.6 is 0 Å². The molecule has 0 aliphatic heterocycles. The van der Waals surface area contributed by atoms with E-state index in [1.165, 1.54) is 12.0 Å². The first-order chi connectivity index (χ1) is 16.5. The van der Waals surface area contributed by atoms with E-state index in [9.17, 15) is 14.4 Å². The number of rotatable bonds is 15. The summed E-state index contributed by atoms with van der Waals surface area (Å²) in [6, 6.07) is 18.3. The van der Waals surface area contributed by atoms with E-state index in [1.54, 1.807) is 0 Å². The summed E-state index contributed by atoms with van der Waals surface area (Å²) >= 11 is 0. The van der Waals surface area contributed by atoms with Crippen LogP contribution in [0.15, 0.2) is 60.7 Å². The number of hydrogen-bond donors (Lipinski definition) is 2. The molecule has 0 bridgehead atoms. The van der Waals surface area contributed by atoms with Gasteiger partial charge < -0.3 is 29.5 Å². The summed E-state index contributed by atoms with van der Waals surface area (Å²) < 4.78 is 15.8. The van der Waals surface area contributed by atoms with Gasteiger partial charge in [-0.25, -0.2) is 4.79 Å². The number of hydrogen-bond acceptors (Lipinski definition) is 7. The zero-order valence-electron chi connectivity index (χ0n) is 19.4. The maximum atomic E-state index is 12.5. The monoisotopic (exact) mass is 472 g/mol. The summed E-state index contributed by atoms with van der Waals surface area (Å²) in [5.41, 5.74) is 1.86. The highest BCUT2D eigenvalue weighted by Gasteiger charge is 2.21. The van der Waals surface area contributed by atoms with E-state index in [4.69, 9.17) is 19.3 Å². The van der Waals surface area contributed by atoms with Crippen molar-refractivity contribution in [2.45, 2.75) is 32.1 Å². The second-order valence-electron chi connectivity index (χ2n) is 7.53. The van der Waals surface area contributed by atoms with E-state index in [2.05, 4.69) is 5.32 Å². The zero-order chi connectivity index (χ0) is 24.6. The first-order valence-electron chi connectivity index (χ1n) is 11.1. The highest BCUT2D eigenvalue weighted by Crippen LogP contribution is 2.05. The Hall–Kier alpha value is -3.43. The molecule has 0 fully saturated rings. The van der Waals surface area contributed by atoms with Gasteiger partial charge >= 0.3 is 18.0 Å². The van der Waals surface area contributed by atoms with Crippen LogP contribution in [0.5, 0.6) is 0 Å². The molecule has 0 aliphatic carbocycles. The van der Waals surface area contributed by atoms with Crippen LogP contribution in [0.25, 0.3) is 0 Å². The Kier molecular flexibility index (Phi) is 12.2. The lowest BCUT2D eigenvalue weighted by molar-refractivity contribution is -0.143. The van der Waals surface area contributed by atoms with E-state index in [0.717, 1.165) is 11.1 Å². The number of benzene rings is 2. The Morgan fingerprint density at radius 2 is 1.56 bits per heavy atom. The van der Waals surface area contributed by atoms with Crippen LogP contribution in [0.1, 0.15) is 24.0 Å². The third-order valence-corrected chi connectivity index (χ3v) is 4.98. The summed E-state index contributed by atoms with van der Waals surface area (Å²) in [6.07, 6.45) is -0.450. The lowest BCUT2D eigenvalue weighted by Crippen LogP contribution is -2.44. The molecule has 1 unspecified atom stereocenters. The lowest BCUT2D eigenvalue weighted by atomic mass is 10.2. The normalized spacial score (nSPS) is 11.4. The number of carbonyl (C=O) groups is 3. The van der Waals surface area contributed by atoms with Gasteiger partial charge in [-0.3, -0.25) is 9.59 Å². The van der Waals surface area contributed by atoms with Crippen LogP contribution < -0.4 is 5.32 Å². The van der Waals surface area contributed by atoms with Gasteiger partial charge in [-0.05, 0) is 17.5 Å². The molecule has 34 heavy (non-hydrogen) atoms. The number of nitrogens with zero attached hydrogens (tertiary/aromatic N) is 1. The Balaban J connectivity index is 1.82. The van der Waals surface area contributed by atoms with Crippen molar-refractivity contribution in [2.24, 2.45) is 0 Å². The third kappa shape index (κ3) is 10.5. The van der Waals surface area contributed by atoms with Crippen molar-refractivity contribution in [3.8, 4) is 0 Å². The molecule has 0 heterocycles. The van der Waals surface area contributed by atoms with E-state index in [-0.39, 0.29) is 32.7 Å². The maximum Gasteiger partial charge on any atom is 0.410 e. The topological polar surface area (TPSA) is 114 Å². The molecular weight excluding hydrogens is 440 g/mol. The number of methoxy groups -OCH3 is 1. The minimum absolute atomic E-state index is 0.00624. The highest BCUT2D eigenvalue weighted by atomic mass is 16.6. The zero-order valence-corrected chi connectivity index (χ0v) is 19.4. The van der Waals surface area contributed by atoms with Gasteiger partial charge in [0.25, 0.3) is 0 Å². The molecule has 0 spiro atoms. The third-order valence-electron chi connectivity index (χ3n) is 4.98. The predicted molar refractivity (Wildman–Crippen MR) is 125 cm³/mol. The van der Waals surface area contributed by atoms with Crippen molar-refractivity contribution >= 4 is 18.0 Å². The fraction of sp³-hybridized carbons (Fsp3) is 0.400. The summed E-state index contributed by atoms with van der Waals surface area (Å²) in [5.74, 6) is -1.45. The smallest absolute Gasteiger partial charge is 0.410 e. The molecule has 184 valence electrons. The largest absolute Gasteiger partial charge is 0.481 e. The number of carbonyl (C=O) groups excluding carboxylic acids is 2. The number of ether oxygens (including phenoxy) is 3. The Morgan fingerprint density at radius 3 is 2.15 bits per heavy atom. The van der Waals surface area contributed by atoms with Gasteiger partial charge in [-0.15, -0.1) is 0 Å². The summed E-state index contributed by atoms with van der Waals surface area (Å²) in [4.78, 5) is 37.0. The van der Waals surface area contributed by atoms with Crippen LogP contribution in [-0.2, 0) is 37.0 Å². The molecule has 2 rings (SSSR count). The highest BCUT2D eigenvalue weighted by molar-refractivity contribution is 5.75.